The zero-order chi connectivity index (χ0) is 11.7. The van der Waals surface area contributed by atoms with Gasteiger partial charge < -0.3 is 0 Å². The van der Waals surface area contributed by atoms with Crippen LogP contribution < -0.4 is 0 Å². The summed E-state index contributed by atoms with van der Waals surface area (Å²) in [5.41, 5.74) is 0.275. The van der Waals surface area contributed by atoms with Crippen LogP contribution in [-0.4, -0.2) is 21.6 Å². The third kappa shape index (κ3) is 3.59. The summed E-state index contributed by atoms with van der Waals surface area (Å²) in [7, 11) is -2.21. The Bertz CT molecular complexity index is 345. The van der Waals surface area contributed by atoms with Crippen molar-refractivity contribution >= 4 is 15.6 Å². The van der Waals surface area contributed by atoms with Gasteiger partial charge in [-0.15, -0.1) is 0 Å². The van der Waals surface area contributed by atoms with Crippen molar-refractivity contribution in [2.45, 2.75) is 40.5 Å². The van der Waals surface area contributed by atoms with Crippen molar-refractivity contribution in [3.8, 4) is 0 Å². The van der Waals surface area contributed by atoms with E-state index in [9.17, 15) is 9.00 Å². The molecule has 1 aliphatic heterocycles. The number of rotatable bonds is 0. The summed E-state index contributed by atoms with van der Waals surface area (Å²) in [4.78, 5) is 10.8. The highest BCUT2D eigenvalue weighted by Crippen LogP contribution is 2.35. The van der Waals surface area contributed by atoms with Gasteiger partial charge in [0, 0.05) is 18.4 Å². The van der Waals surface area contributed by atoms with E-state index in [2.05, 4.69) is 25.1 Å². The highest BCUT2D eigenvalue weighted by Gasteiger charge is 2.30. The second-order valence-electron chi connectivity index (χ2n) is 5.43. The van der Waals surface area contributed by atoms with Gasteiger partial charge in [0.25, 0.3) is 5.91 Å². The fourth-order valence-corrected chi connectivity index (χ4v) is 4.25. The molecule has 0 atom stereocenters. The maximum absolute atomic E-state index is 12.1. The van der Waals surface area contributed by atoms with Gasteiger partial charge in [0.15, 0.2) is 0 Å². The average Bonchev–Trinajstić information content (AvgIpc) is 2.00. The first-order valence-electron chi connectivity index (χ1n) is 5.46. The van der Waals surface area contributed by atoms with Crippen molar-refractivity contribution < 1.29 is 9.00 Å². The van der Waals surface area contributed by atoms with Crippen molar-refractivity contribution in [2.24, 2.45) is 15.7 Å². The van der Waals surface area contributed by atoms with Crippen LogP contribution in [-0.2, 0) is 14.5 Å². The molecule has 1 rings (SSSR count). The Morgan fingerprint density at radius 3 is 2.07 bits per heavy atom. The summed E-state index contributed by atoms with van der Waals surface area (Å²) in [5, 5.41) is 0. The van der Waals surface area contributed by atoms with Crippen molar-refractivity contribution in [1.82, 2.24) is 0 Å². The van der Waals surface area contributed by atoms with Crippen LogP contribution in [0.1, 0.15) is 40.5 Å². The third-order valence-corrected chi connectivity index (χ3v) is 5.43. The molecule has 1 amide bonds. The highest BCUT2D eigenvalue weighted by molar-refractivity contribution is 7.93. The quantitative estimate of drug-likeness (QED) is 0.643. The maximum atomic E-state index is 12.1. The van der Waals surface area contributed by atoms with Gasteiger partial charge in [-0.2, -0.15) is 4.36 Å². The summed E-state index contributed by atoms with van der Waals surface area (Å²) in [5.74, 6) is 1.49. The Balaban J connectivity index is 2.72. The smallest absolute Gasteiger partial charge is 0.250 e. The van der Waals surface area contributed by atoms with E-state index in [-0.39, 0.29) is 11.3 Å². The fourth-order valence-electron chi connectivity index (χ4n) is 2.09. The molecule has 88 valence electrons. The van der Waals surface area contributed by atoms with Crippen molar-refractivity contribution in [1.29, 1.82) is 0 Å². The van der Waals surface area contributed by atoms with Gasteiger partial charge in [-0.1, -0.05) is 20.8 Å². The van der Waals surface area contributed by atoms with E-state index in [1.54, 1.807) is 0 Å². The molecule has 0 radical (unpaired) electrons. The van der Waals surface area contributed by atoms with Gasteiger partial charge in [-0.3, -0.25) is 4.79 Å². The van der Waals surface area contributed by atoms with Crippen LogP contribution >= 0.6 is 0 Å². The van der Waals surface area contributed by atoms with Crippen LogP contribution in [0.3, 0.4) is 0 Å². The number of carbonyl (C=O) groups excluding carboxylic acids is 1. The Hall–Kier alpha value is -0.380. The van der Waals surface area contributed by atoms with Crippen molar-refractivity contribution in [3.63, 3.8) is 0 Å². The molecule has 4 heteroatoms. The Morgan fingerprint density at radius 1 is 1.27 bits per heavy atom. The van der Waals surface area contributed by atoms with E-state index in [0.717, 1.165) is 12.8 Å². The first kappa shape index (κ1) is 12.7. The van der Waals surface area contributed by atoms with Crippen molar-refractivity contribution in [2.75, 3.05) is 11.5 Å². The van der Waals surface area contributed by atoms with Gasteiger partial charge in [-0.05, 0) is 24.2 Å². The molecule has 15 heavy (non-hydrogen) atoms. The monoisotopic (exact) mass is 231 g/mol. The van der Waals surface area contributed by atoms with Crippen LogP contribution in [0.5, 0.6) is 0 Å². The number of nitrogens with zero attached hydrogens (tertiary/aromatic N) is 1. The predicted molar refractivity (Wildman–Crippen MR) is 63.2 cm³/mol. The molecule has 0 N–H and O–H groups in total. The first-order chi connectivity index (χ1) is 6.73. The molecule has 3 nitrogen and oxygen atoms in total. The highest BCUT2D eigenvalue weighted by atomic mass is 32.2. The molecule has 0 aromatic heterocycles. The normalized spacial score (nSPS) is 32.4. The summed E-state index contributed by atoms with van der Waals surface area (Å²) in [6.07, 6.45) is 1.86. The summed E-state index contributed by atoms with van der Waals surface area (Å²) >= 11 is 0. The molecular formula is C11H21NO2S. The van der Waals surface area contributed by atoms with E-state index >= 15 is 0 Å². The summed E-state index contributed by atoms with van der Waals surface area (Å²) < 4.78 is 15.9. The van der Waals surface area contributed by atoms with Crippen LogP contribution in [0.2, 0.25) is 0 Å². The van der Waals surface area contributed by atoms with E-state index in [1.165, 1.54) is 6.92 Å². The van der Waals surface area contributed by atoms with E-state index in [0.29, 0.717) is 17.4 Å². The van der Waals surface area contributed by atoms with Gasteiger partial charge in [-0.25, -0.2) is 4.21 Å². The zero-order valence-electron chi connectivity index (χ0n) is 10.1. The molecule has 0 aromatic carbocycles. The van der Waals surface area contributed by atoms with E-state index < -0.39 is 9.73 Å². The molecule has 0 spiro atoms. The lowest BCUT2D eigenvalue weighted by molar-refractivity contribution is -0.115. The molecule has 1 heterocycles. The molecule has 1 aliphatic rings. The minimum atomic E-state index is -2.21. The lowest BCUT2D eigenvalue weighted by Gasteiger charge is -2.34. The third-order valence-electron chi connectivity index (χ3n) is 3.09. The largest absolute Gasteiger partial charge is 0.272 e. The van der Waals surface area contributed by atoms with E-state index in [4.69, 9.17) is 0 Å². The SMILES string of the molecule is CC(=O)N=S1(=O)CCC(C(C)(C)C)CC1. The summed E-state index contributed by atoms with van der Waals surface area (Å²) in [6, 6.07) is 0. The number of amides is 1. The van der Waals surface area contributed by atoms with Gasteiger partial charge in [0.2, 0.25) is 0 Å². The Morgan fingerprint density at radius 2 is 1.73 bits per heavy atom. The standard InChI is InChI=1S/C11H21NO2S/c1-9(13)12-15(14)7-5-10(6-8-15)11(2,3)4/h10H,5-8H2,1-4H3. The zero-order valence-corrected chi connectivity index (χ0v) is 10.9. The lowest BCUT2D eigenvalue weighted by atomic mass is 9.77. The first-order valence-corrected chi connectivity index (χ1v) is 7.31. The number of carbonyl (C=O) groups is 1. The molecule has 0 aromatic rings. The second-order valence-corrected chi connectivity index (χ2v) is 7.98. The second kappa shape index (κ2) is 4.24. The molecular weight excluding hydrogens is 210 g/mol. The molecule has 1 saturated heterocycles. The van der Waals surface area contributed by atoms with Crippen LogP contribution in [0.25, 0.3) is 0 Å². The summed E-state index contributed by atoms with van der Waals surface area (Å²) in [6.45, 7) is 8.02. The molecule has 0 bridgehead atoms. The lowest BCUT2D eigenvalue weighted by Crippen LogP contribution is -2.31. The van der Waals surface area contributed by atoms with Gasteiger partial charge >= 0.3 is 0 Å². The molecule has 0 aliphatic carbocycles. The van der Waals surface area contributed by atoms with Crippen LogP contribution in [0.4, 0.5) is 0 Å². The maximum Gasteiger partial charge on any atom is 0.250 e. The predicted octanol–water partition coefficient (Wildman–Crippen LogP) is 2.46. The topological polar surface area (TPSA) is 46.5 Å². The fraction of sp³-hybridized carbons (Fsp3) is 0.909. The van der Waals surface area contributed by atoms with Crippen molar-refractivity contribution in [3.05, 3.63) is 0 Å². The van der Waals surface area contributed by atoms with Crippen LogP contribution in [0.15, 0.2) is 4.36 Å². The number of hydrogen-bond acceptors (Lipinski definition) is 2. The average molecular weight is 231 g/mol. The molecule has 1 fully saturated rings. The van der Waals surface area contributed by atoms with Gasteiger partial charge in [0.1, 0.15) is 0 Å². The number of hydrogen-bond donors (Lipinski definition) is 0. The minimum Gasteiger partial charge on any atom is -0.272 e. The molecule has 0 saturated carbocycles. The Labute approximate surface area is 92.8 Å². The molecule has 0 unspecified atom stereocenters. The van der Waals surface area contributed by atoms with Crippen LogP contribution in [0, 0.1) is 11.3 Å². The Kier molecular flexibility index (Phi) is 3.59. The van der Waals surface area contributed by atoms with E-state index in [1.807, 2.05) is 0 Å². The van der Waals surface area contributed by atoms with Gasteiger partial charge in [0.05, 0.1) is 9.73 Å². The minimum absolute atomic E-state index is 0.275.